The molecule has 0 saturated heterocycles. The molecule has 6 nitrogen and oxygen atoms in total. The normalized spacial score (nSPS) is 13.8. The molecule has 0 bridgehead atoms. The van der Waals surface area contributed by atoms with Gasteiger partial charge in [-0.15, -0.1) is 34.2 Å². The maximum absolute atomic E-state index is 13.3. The van der Waals surface area contributed by atoms with Crippen LogP contribution in [0.1, 0.15) is 30.1 Å². The highest BCUT2D eigenvalue weighted by Gasteiger charge is 2.16. The molecule has 0 spiro atoms. The van der Waals surface area contributed by atoms with Crippen molar-refractivity contribution in [1.82, 2.24) is 25.0 Å². The lowest BCUT2D eigenvalue weighted by atomic mass is 10.2. The number of aryl methyl sites for hydroxylation is 1. The molecule has 8 heteroatoms. The molecule has 3 rings (SSSR count). The molecule has 0 radical (unpaired) electrons. The summed E-state index contributed by atoms with van der Waals surface area (Å²) < 4.78 is 15.5. The van der Waals surface area contributed by atoms with Gasteiger partial charge in [-0.25, -0.2) is 4.39 Å². The second-order valence-corrected chi connectivity index (χ2v) is 6.03. The number of aromatic nitrogens is 3. The second kappa shape index (κ2) is 9.12. The number of hydrogen-bond acceptors (Lipinski definition) is 3. The first-order chi connectivity index (χ1) is 11.7. The van der Waals surface area contributed by atoms with Gasteiger partial charge in [0.2, 0.25) is 0 Å². The highest BCUT2D eigenvalue weighted by atomic mass is 127. The van der Waals surface area contributed by atoms with Crippen LogP contribution in [0.5, 0.6) is 0 Å². The summed E-state index contributed by atoms with van der Waals surface area (Å²) in [5, 5.41) is 11.9. The Labute approximate surface area is 164 Å². The van der Waals surface area contributed by atoms with E-state index in [-0.39, 0.29) is 29.8 Å². The molecule has 136 valence electrons. The van der Waals surface area contributed by atoms with Gasteiger partial charge in [-0.05, 0) is 30.5 Å². The van der Waals surface area contributed by atoms with Crippen molar-refractivity contribution in [2.24, 2.45) is 4.99 Å². The van der Waals surface area contributed by atoms with Crippen LogP contribution in [0.15, 0.2) is 29.3 Å². The Morgan fingerprint density at radius 2 is 2.20 bits per heavy atom. The molecular weight excluding hydrogens is 434 g/mol. The van der Waals surface area contributed by atoms with Gasteiger partial charge in [0.05, 0.1) is 6.54 Å². The quantitative estimate of drug-likeness (QED) is 0.435. The average molecular weight is 458 g/mol. The first-order valence-electron chi connectivity index (χ1n) is 8.24. The highest BCUT2D eigenvalue weighted by Crippen LogP contribution is 2.14. The summed E-state index contributed by atoms with van der Waals surface area (Å²) in [5.74, 6) is 2.53. The lowest BCUT2D eigenvalue weighted by Gasteiger charge is -2.22. The Bertz CT molecular complexity index is 730. The maximum Gasteiger partial charge on any atom is 0.194 e. The summed E-state index contributed by atoms with van der Waals surface area (Å²) in [6.07, 6.45) is 3.36. The smallest absolute Gasteiger partial charge is 0.194 e. The minimum Gasteiger partial charge on any atom is -0.349 e. The van der Waals surface area contributed by atoms with Gasteiger partial charge < -0.3 is 14.8 Å². The van der Waals surface area contributed by atoms with Crippen molar-refractivity contribution in [3.63, 3.8) is 0 Å². The molecule has 1 aliphatic rings. The number of benzene rings is 1. The summed E-state index contributed by atoms with van der Waals surface area (Å²) in [5.41, 5.74) is 0.903. The fraction of sp³-hybridized carbons (Fsp3) is 0.471. The Balaban J connectivity index is 0.00000225. The van der Waals surface area contributed by atoms with Crippen LogP contribution in [0, 0.1) is 5.82 Å². The second-order valence-electron chi connectivity index (χ2n) is 6.03. The van der Waals surface area contributed by atoms with Gasteiger partial charge in [-0.3, -0.25) is 4.99 Å². The summed E-state index contributed by atoms with van der Waals surface area (Å²) in [4.78, 5) is 6.26. The summed E-state index contributed by atoms with van der Waals surface area (Å²) in [6, 6.07) is 6.61. The number of rotatable bonds is 4. The summed E-state index contributed by atoms with van der Waals surface area (Å²) >= 11 is 0. The van der Waals surface area contributed by atoms with E-state index in [1.807, 2.05) is 18.0 Å². The predicted octanol–water partition coefficient (Wildman–Crippen LogP) is 2.58. The number of guanidine groups is 1. The van der Waals surface area contributed by atoms with Gasteiger partial charge in [0.25, 0.3) is 0 Å². The molecule has 2 heterocycles. The standard InChI is InChI=1S/C17H23FN6.HI/c1-19-17(23(2)12-13-6-5-7-14(18)10-13)20-11-16-22-21-15-8-3-4-9-24(15)16;/h5-7,10H,3-4,8-9,11-12H2,1-2H3,(H,19,20);1H. The number of halogens is 2. The van der Waals surface area contributed by atoms with Gasteiger partial charge >= 0.3 is 0 Å². The van der Waals surface area contributed by atoms with Crippen LogP contribution in [0.3, 0.4) is 0 Å². The minimum absolute atomic E-state index is 0. The first-order valence-corrected chi connectivity index (χ1v) is 8.24. The molecule has 0 fully saturated rings. The van der Waals surface area contributed by atoms with E-state index in [1.165, 1.54) is 18.9 Å². The molecular formula is C17H24FIN6. The monoisotopic (exact) mass is 458 g/mol. The molecule has 25 heavy (non-hydrogen) atoms. The van der Waals surface area contributed by atoms with Crippen LogP contribution in [0.4, 0.5) is 4.39 Å². The zero-order valence-electron chi connectivity index (χ0n) is 14.6. The number of nitrogens with zero attached hydrogens (tertiary/aromatic N) is 5. The van der Waals surface area contributed by atoms with E-state index in [9.17, 15) is 4.39 Å². The Morgan fingerprint density at radius 1 is 1.36 bits per heavy atom. The third-order valence-electron chi connectivity index (χ3n) is 4.22. The van der Waals surface area contributed by atoms with Crippen LogP contribution < -0.4 is 5.32 Å². The summed E-state index contributed by atoms with van der Waals surface area (Å²) in [6.45, 7) is 2.14. The van der Waals surface area contributed by atoms with Crippen LogP contribution in [0.2, 0.25) is 0 Å². The van der Waals surface area contributed by atoms with Crippen LogP contribution in [0.25, 0.3) is 0 Å². The van der Waals surface area contributed by atoms with E-state index in [0.717, 1.165) is 36.1 Å². The topological polar surface area (TPSA) is 58.3 Å². The third-order valence-corrected chi connectivity index (χ3v) is 4.22. The van der Waals surface area contributed by atoms with Crippen molar-refractivity contribution in [3.8, 4) is 0 Å². The van der Waals surface area contributed by atoms with Crippen molar-refractivity contribution in [3.05, 3.63) is 47.3 Å². The molecule has 1 aromatic heterocycles. The molecule has 1 aromatic carbocycles. The minimum atomic E-state index is -0.223. The first kappa shape index (κ1) is 19.6. The van der Waals surface area contributed by atoms with Gasteiger partial charge in [0.15, 0.2) is 11.8 Å². The molecule has 2 aromatic rings. The van der Waals surface area contributed by atoms with Crippen molar-refractivity contribution in [1.29, 1.82) is 0 Å². The predicted molar refractivity (Wildman–Crippen MR) is 106 cm³/mol. The molecule has 0 atom stereocenters. The lowest BCUT2D eigenvalue weighted by Crippen LogP contribution is -2.38. The largest absolute Gasteiger partial charge is 0.349 e. The Morgan fingerprint density at radius 3 is 2.96 bits per heavy atom. The third kappa shape index (κ3) is 4.90. The lowest BCUT2D eigenvalue weighted by molar-refractivity contribution is 0.467. The van der Waals surface area contributed by atoms with Gasteiger partial charge in [0, 0.05) is 33.6 Å². The number of hydrogen-bond donors (Lipinski definition) is 1. The molecule has 0 aliphatic carbocycles. The number of fused-ring (bicyclic) bond motifs is 1. The van der Waals surface area contributed by atoms with Crippen molar-refractivity contribution >= 4 is 29.9 Å². The van der Waals surface area contributed by atoms with Gasteiger partial charge in [0.1, 0.15) is 11.6 Å². The van der Waals surface area contributed by atoms with Crippen LogP contribution in [-0.4, -0.2) is 39.7 Å². The fourth-order valence-electron chi connectivity index (χ4n) is 3.03. The van der Waals surface area contributed by atoms with E-state index in [2.05, 4.69) is 25.1 Å². The molecule has 0 unspecified atom stereocenters. The SMILES string of the molecule is CN=C(NCc1nnc2n1CCCC2)N(C)Cc1cccc(F)c1.I. The molecule has 1 N–H and O–H groups in total. The summed E-state index contributed by atoms with van der Waals surface area (Å²) in [7, 11) is 3.67. The van der Waals surface area contributed by atoms with Gasteiger partial charge in [-0.2, -0.15) is 0 Å². The zero-order chi connectivity index (χ0) is 16.9. The van der Waals surface area contributed by atoms with Crippen LogP contribution in [-0.2, 0) is 26.1 Å². The number of nitrogens with one attached hydrogen (secondary N) is 1. The van der Waals surface area contributed by atoms with E-state index < -0.39 is 0 Å². The average Bonchev–Trinajstić information content (AvgIpc) is 2.99. The van der Waals surface area contributed by atoms with E-state index >= 15 is 0 Å². The molecule has 0 amide bonds. The van der Waals surface area contributed by atoms with E-state index in [1.54, 1.807) is 19.2 Å². The van der Waals surface area contributed by atoms with Crippen LogP contribution >= 0.6 is 24.0 Å². The Hall–Kier alpha value is -1.71. The molecule has 1 aliphatic heterocycles. The van der Waals surface area contributed by atoms with Gasteiger partial charge in [-0.1, -0.05) is 12.1 Å². The maximum atomic E-state index is 13.3. The van der Waals surface area contributed by atoms with Crippen molar-refractivity contribution < 1.29 is 4.39 Å². The number of aliphatic imine (C=N–C) groups is 1. The van der Waals surface area contributed by atoms with Crippen molar-refractivity contribution in [2.75, 3.05) is 14.1 Å². The van der Waals surface area contributed by atoms with E-state index in [4.69, 9.17) is 0 Å². The highest BCUT2D eigenvalue weighted by molar-refractivity contribution is 14.0. The fourth-order valence-corrected chi connectivity index (χ4v) is 3.03. The van der Waals surface area contributed by atoms with Crippen molar-refractivity contribution in [2.45, 2.75) is 38.9 Å². The molecule has 0 saturated carbocycles. The Kier molecular flexibility index (Phi) is 7.15. The van der Waals surface area contributed by atoms with E-state index in [0.29, 0.717) is 13.1 Å². The zero-order valence-corrected chi connectivity index (χ0v) is 16.9.